The van der Waals surface area contributed by atoms with Gasteiger partial charge in [-0.25, -0.2) is 0 Å². The Labute approximate surface area is 120 Å². The van der Waals surface area contributed by atoms with Gasteiger partial charge in [0, 0.05) is 19.1 Å². The first kappa shape index (κ1) is 16.5. The van der Waals surface area contributed by atoms with Gasteiger partial charge in [0.15, 0.2) is 5.96 Å². The lowest BCUT2D eigenvalue weighted by Gasteiger charge is -2.16. The van der Waals surface area contributed by atoms with Gasteiger partial charge in [0.25, 0.3) is 0 Å². The lowest BCUT2D eigenvalue weighted by Crippen LogP contribution is -2.46. The molecule has 3 N–H and O–H groups in total. The van der Waals surface area contributed by atoms with E-state index in [1.165, 1.54) is 0 Å². The third kappa shape index (κ3) is 7.40. The van der Waals surface area contributed by atoms with E-state index in [-0.39, 0.29) is 36.4 Å². The Bertz CT molecular complexity index is 266. The number of amides is 1. The molecule has 0 aromatic rings. The van der Waals surface area contributed by atoms with Crippen LogP contribution in [0.15, 0.2) is 4.99 Å². The van der Waals surface area contributed by atoms with E-state index in [0.29, 0.717) is 18.0 Å². The van der Waals surface area contributed by atoms with Gasteiger partial charge in [-0.2, -0.15) is 0 Å². The molecule has 17 heavy (non-hydrogen) atoms. The standard InChI is InChI=1S/C11H22N4O.HI/c1-4-8(2)14-11(12-3)13-7-10(16)15-9-5-6-9;/h8-9H,4-7H2,1-3H3,(H,15,16)(H2,12,13,14);1H. The minimum Gasteiger partial charge on any atom is -0.354 e. The topological polar surface area (TPSA) is 65.5 Å². The number of halogens is 1. The molecule has 0 radical (unpaired) electrons. The minimum absolute atomic E-state index is 0. The number of nitrogens with one attached hydrogen (secondary N) is 3. The summed E-state index contributed by atoms with van der Waals surface area (Å²) < 4.78 is 0. The first-order valence-corrected chi connectivity index (χ1v) is 5.92. The summed E-state index contributed by atoms with van der Waals surface area (Å²) in [7, 11) is 1.70. The third-order valence-corrected chi connectivity index (χ3v) is 2.58. The number of guanidine groups is 1. The lowest BCUT2D eigenvalue weighted by atomic mass is 10.3. The van der Waals surface area contributed by atoms with Gasteiger partial charge in [-0.05, 0) is 26.2 Å². The fraction of sp³-hybridized carbons (Fsp3) is 0.818. The summed E-state index contributed by atoms with van der Waals surface area (Å²) in [5, 5.41) is 9.11. The van der Waals surface area contributed by atoms with Gasteiger partial charge < -0.3 is 16.0 Å². The van der Waals surface area contributed by atoms with Crippen LogP contribution in [0.2, 0.25) is 0 Å². The number of rotatable bonds is 5. The van der Waals surface area contributed by atoms with E-state index in [9.17, 15) is 4.79 Å². The second-order valence-corrected chi connectivity index (χ2v) is 4.22. The maximum absolute atomic E-state index is 11.4. The van der Waals surface area contributed by atoms with Gasteiger partial charge in [-0.1, -0.05) is 6.92 Å². The van der Waals surface area contributed by atoms with E-state index in [1.807, 2.05) is 0 Å². The Balaban J connectivity index is 0.00000256. The van der Waals surface area contributed by atoms with Crippen LogP contribution in [-0.2, 0) is 4.79 Å². The van der Waals surface area contributed by atoms with E-state index in [4.69, 9.17) is 0 Å². The highest BCUT2D eigenvalue weighted by molar-refractivity contribution is 14.0. The van der Waals surface area contributed by atoms with Gasteiger partial charge >= 0.3 is 0 Å². The van der Waals surface area contributed by atoms with Crippen molar-refractivity contribution in [1.82, 2.24) is 16.0 Å². The highest BCUT2D eigenvalue weighted by Gasteiger charge is 2.22. The molecule has 1 fully saturated rings. The van der Waals surface area contributed by atoms with Crippen LogP contribution in [0.3, 0.4) is 0 Å². The van der Waals surface area contributed by atoms with E-state index in [0.717, 1.165) is 19.3 Å². The molecule has 0 heterocycles. The summed E-state index contributed by atoms with van der Waals surface area (Å²) in [6.07, 6.45) is 3.26. The van der Waals surface area contributed by atoms with Crippen LogP contribution >= 0.6 is 24.0 Å². The predicted octanol–water partition coefficient (Wildman–Crippen LogP) is 0.846. The van der Waals surface area contributed by atoms with Crippen molar-refractivity contribution in [3.8, 4) is 0 Å². The number of hydrogen-bond acceptors (Lipinski definition) is 2. The summed E-state index contributed by atoms with van der Waals surface area (Å²) in [5.74, 6) is 0.717. The van der Waals surface area contributed by atoms with Gasteiger partial charge in [-0.15, -0.1) is 24.0 Å². The van der Waals surface area contributed by atoms with Gasteiger partial charge in [0.1, 0.15) is 0 Å². The number of carbonyl (C=O) groups excluding carboxylic acids is 1. The van der Waals surface area contributed by atoms with Gasteiger partial charge in [0.05, 0.1) is 6.54 Å². The third-order valence-electron chi connectivity index (χ3n) is 2.58. The zero-order chi connectivity index (χ0) is 12.0. The second-order valence-electron chi connectivity index (χ2n) is 4.22. The molecule has 1 aliphatic rings. The van der Waals surface area contributed by atoms with E-state index in [1.54, 1.807) is 7.05 Å². The smallest absolute Gasteiger partial charge is 0.239 e. The Kier molecular flexibility index (Phi) is 8.28. The van der Waals surface area contributed by atoms with Crippen LogP contribution < -0.4 is 16.0 Å². The predicted molar refractivity (Wildman–Crippen MR) is 80.8 cm³/mol. The summed E-state index contributed by atoms with van der Waals surface area (Å²) in [6.45, 7) is 4.47. The summed E-state index contributed by atoms with van der Waals surface area (Å²) in [5.41, 5.74) is 0. The number of carbonyl (C=O) groups is 1. The zero-order valence-corrected chi connectivity index (χ0v) is 13.1. The highest BCUT2D eigenvalue weighted by Crippen LogP contribution is 2.18. The van der Waals surface area contributed by atoms with Crippen LogP contribution in [0.1, 0.15) is 33.1 Å². The molecular weight excluding hydrogens is 331 g/mol. The fourth-order valence-corrected chi connectivity index (χ4v) is 1.20. The molecule has 0 spiro atoms. The van der Waals surface area contributed by atoms with Crippen molar-refractivity contribution in [3.05, 3.63) is 0 Å². The van der Waals surface area contributed by atoms with E-state index >= 15 is 0 Å². The Hall–Kier alpha value is -0.530. The first-order valence-electron chi connectivity index (χ1n) is 5.92. The van der Waals surface area contributed by atoms with Gasteiger partial charge in [0.2, 0.25) is 5.91 Å². The van der Waals surface area contributed by atoms with Crippen molar-refractivity contribution in [2.45, 2.75) is 45.2 Å². The maximum atomic E-state index is 11.4. The van der Waals surface area contributed by atoms with Crippen molar-refractivity contribution < 1.29 is 4.79 Å². The molecule has 1 amide bonds. The average Bonchev–Trinajstić information content (AvgIpc) is 3.07. The van der Waals surface area contributed by atoms with Gasteiger partial charge in [-0.3, -0.25) is 9.79 Å². The normalized spacial score (nSPS) is 16.8. The average molecular weight is 354 g/mol. The van der Waals surface area contributed by atoms with E-state index < -0.39 is 0 Å². The monoisotopic (exact) mass is 354 g/mol. The summed E-state index contributed by atoms with van der Waals surface area (Å²) >= 11 is 0. The van der Waals surface area contributed by atoms with Crippen LogP contribution in [0, 0.1) is 0 Å². The Morgan fingerprint density at radius 1 is 1.47 bits per heavy atom. The second kappa shape index (κ2) is 8.54. The van der Waals surface area contributed by atoms with Crippen molar-refractivity contribution >= 4 is 35.8 Å². The molecule has 0 aromatic carbocycles. The molecular formula is C11H23IN4O. The quantitative estimate of drug-likeness (QED) is 0.390. The maximum Gasteiger partial charge on any atom is 0.239 e. The van der Waals surface area contributed by atoms with Crippen LogP contribution in [0.25, 0.3) is 0 Å². The SMILES string of the molecule is CCC(C)NC(=NC)NCC(=O)NC1CC1.I. The van der Waals surface area contributed by atoms with Crippen molar-refractivity contribution in [2.24, 2.45) is 4.99 Å². The number of nitrogens with zero attached hydrogens (tertiary/aromatic N) is 1. The van der Waals surface area contributed by atoms with E-state index in [2.05, 4.69) is 34.8 Å². The molecule has 1 atom stereocenters. The molecule has 0 aliphatic heterocycles. The summed E-state index contributed by atoms with van der Waals surface area (Å²) in [6, 6.07) is 0.775. The lowest BCUT2D eigenvalue weighted by molar-refractivity contribution is -0.120. The highest BCUT2D eigenvalue weighted by atomic mass is 127. The number of hydrogen-bond donors (Lipinski definition) is 3. The van der Waals surface area contributed by atoms with Crippen LogP contribution in [0.5, 0.6) is 0 Å². The largest absolute Gasteiger partial charge is 0.354 e. The molecule has 1 aliphatic carbocycles. The first-order chi connectivity index (χ1) is 7.65. The van der Waals surface area contributed by atoms with Crippen molar-refractivity contribution in [3.63, 3.8) is 0 Å². The molecule has 100 valence electrons. The van der Waals surface area contributed by atoms with Crippen molar-refractivity contribution in [2.75, 3.05) is 13.6 Å². The van der Waals surface area contributed by atoms with Crippen LogP contribution in [0.4, 0.5) is 0 Å². The molecule has 0 saturated heterocycles. The fourth-order valence-electron chi connectivity index (χ4n) is 1.20. The van der Waals surface area contributed by atoms with Crippen LogP contribution in [-0.4, -0.2) is 37.5 Å². The Morgan fingerprint density at radius 2 is 2.12 bits per heavy atom. The molecule has 1 unspecified atom stereocenters. The molecule has 5 nitrogen and oxygen atoms in total. The molecule has 1 rings (SSSR count). The Morgan fingerprint density at radius 3 is 2.59 bits per heavy atom. The molecule has 6 heteroatoms. The summed E-state index contributed by atoms with van der Waals surface area (Å²) in [4.78, 5) is 15.5. The molecule has 1 saturated carbocycles. The minimum atomic E-state index is 0. The zero-order valence-electron chi connectivity index (χ0n) is 10.7. The number of aliphatic imine (C=N–C) groups is 1. The molecule has 0 aromatic heterocycles. The van der Waals surface area contributed by atoms with Crippen molar-refractivity contribution in [1.29, 1.82) is 0 Å². The molecule has 0 bridgehead atoms.